The standard InChI is InChI=1S/C16H18N2O3.H2O4S/c1-11-9-13(18(3)16(20)17(11)2)7-5-12-6-8-15(21-4)14(19)10-12;1-5(2,3)4/h5-10H,1-4H3;(H2,1,2,3,4). The molecule has 0 saturated carbocycles. The first-order valence-corrected chi connectivity index (χ1v) is 8.60. The maximum atomic E-state index is 12.0. The van der Waals surface area contributed by atoms with Crippen molar-refractivity contribution in [3.05, 3.63) is 51.7 Å². The van der Waals surface area contributed by atoms with Crippen molar-refractivity contribution in [2.45, 2.75) is 6.92 Å². The van der Waals surface area contributed by atoms with Gasteiger partial charge in [-0.3, -0.25) is 4.55 Å². The zero-order valence-electron chi connectivity index (χ0n) is 14.7. The lowest BCUT2D eigenvalue weighted by Gasteiger charge is -2.04. The lowest BCUT2D eigenvalue weighted by atomic mass is 10.1. The van der Waals surface area contributed by atoms with E-state index >= 15 is 0 Å². The van der Waals surface area contributed by atoms with Gasteiger partial charge in [-0.05, 0) is 30.7 Å². The molecule has 0 spiro atoms. The minimum absolute atomic E-state index is 0.0766. The van der Waals surface area contributed by atoms with Crippen LogP contribution in [0.15, 0.2) is 29.1 Å². The third-order valence-corrected chi connectivity index (χ3v) is 3.50. The van der Waals surface area contributed by atoms with Gasteiger partial charge >= 0.3 is 5.69 Å². The van der Waals surface area contributed by atoms with Gasteiger partial charge in [-0.2, -0.15) is 13.9 Å². The largest absolute Gasteiger partial charge is 0.726 e. The molecule has 2 N–H and O–H groups in total. The number of phenolic OH excluding ortho intramolecular Hbond substituents is 1. The third kappa shape index (κ3) is 6.31. The number of nitrogens with zero attached hydrogens (tertiary/aromatic N) is 2. The van der Waals surface area contributed by atoms with Crippen molar-refractivity contribution in [2.75, 3.05) is 7.11 Å². The highest BCUT2D eigenvalue weighted by Crippen LogP contribution is 2.26. The van der Waals surface area contributed by atoms with Crippen molar-refractivity contribution >= 4 is 22.6 Å². The molecule has 0 unspecified atom stereocenters. The Hall–Kier alpha value is -2.69. The number of methoxy groups -OCH3 is 1. The Morgan fingerprint density at radius 2 is 1.85 bits per heavy atom. The van der Waals surface area contributed by atoms with Crippen molar-refractivity contribution in [3.8, 4) is 11.5 Å². The molecule has 1 heterocycles. The van der Waals surface area contributed by atoms with Crippen LogP contribution in [0, 0.1) is 6.92 Å². The molecule has 0 atom stereocenters. The summed E-state index contributed by atoms with van der Waals surface area (Å²) in [6.45, 7) is 1.89. The molecular weight excluding hydrogens is 364 g/mol. The van der Waals surface area contributed by atoms with Gasteiger partial charge in [0.1, 0.15) is 11.4 Å². The van der Waals surface area contributed by atoms with Gasteiger partial charge in [0, 0.05) is 6.07 Å². The van der Waals surface area contributed by atoms with Crippen molar-refractivity contribution in [1.82, 2.24) is 4.57 Å². The molecule has 0 aliphatic rings. The Kier molecular flexibility index (Phi) is 7.07. The smallest absolute Gasteiger partial charge is 0.498 e. The van der Waals surface area contributed by atoms with Crippen molar-refractivity contribution < 1.29 is 31.9 Å². The Morgan fingerprint density at radius 1 is 1.27 bits per heavy atom. The van der Waals surface area contributed by atoms with Crippen LogP contribution in [0.5, 0.6) is 11.5 Å². The van der Waals surface area contributed by atoms with E-state index in [-0.39, 0.29) is 11.4 Å². The summed E-state index contributed by atoms with van der Waals surface area (Å²) in [4.78, 5) is 12.0. The van der Waals surface area contributed by atoms with E-state index in [1.54, 1.807) is 35.4 Å². The summed E-state index contributed by atoms with van der Waals surface area (Å²) in [5.74, 6) is 0.520. The minimum Gasteiger partial charge on any atom is -0.726 e. The second kappa shape index (κ2) is 8.61. The predicted octanol–water partition coefficient (Wildman–Crippen LogP) is 0.407. The van der Waals surface area contributed by atoms with Gasteiger partial charge in [-0.1, -0.05) is 12.1 Å². The molecular formula is C16H20N2O7S. The van der Waals surface area contributed by atoms with Crippen LogP contribution in [0.3, 0.4) is 0 Å². The molecule has 9 nitrogen and oxygen atoms in total. The second-order valence-electron chi connectivity index (χ2n) is 5.30. The maximum absolute atomic E-state index is 12.0. The van der Waals surface area contributed by atoms with E-state index in [4.69, 9.17) is 22.3 Å². The lowest BCUT2D eigenvalue weighted by molar-refractivity contribution is -0.692. The maximum Gasteiger partial charge on any atom is 0.498 e. The van der Waals surface area contributed by atoms with E-state index in [9.17, 15) is 9.90 Å². The summed E-state index contributed by atoms with van der Waals surface area (Å²) in [6.07, 6.45) is 3.68. The number of aryl methyl sites for hydroxylation is 1. The summed E-state index contributed by atoms with van der Waals surface area (Å²) in [5, 5.41) is 9.75. The molecule has 142 valence electrons. The van der Waals surface area contributed by atoms with Gasteiger partial charge in [0.25, 0.3) is 0 Å². The molecule has 0 aliphatic heterocycles. The van der Waals surface area contributed by atoms with Crippen LogP contribution >= 0.6 is 0 Å². The number of aromatic hydroxyl groups is 1. The van der Waals surface area contributed by atoms with Crippen LogP contribution in [0.1, 0.15) is 17.0 Å². The van der Waals surface area contributed by atoms with Crippen LogP contribution in [0.4, 0.5) is 0 Å². The molecule has 0 fully saturated rings. The highest BCUT2D eigenvalue weighted by molar-refractivity contribution is 7.79. The SMILES string of the molecule is COc1ccc(C=Cc2cc(C)n(C)c(=O)[n+]2C)cc1O.O=S(=O)([O-])O. The summed E-state index contributed by atoms with van der Waals surface area (Å²) in [7, 11) is 0.0622. The number of hydrogen-bond donors (Lipinski definition) is 2. The fraction of sp³-hybridized carbons (Fsp3) is 0.250. The van der Waals surface area contributed by atoms with Crippen LogP contribution in [-0.4, -0.2) is 34.3 Å². The first kappa shape index (κ1) is 21.4. The molecule has 0 radical (unpaired) electrons. The van der Waals surface area contributed by atoms with Gasteiger partial charge < -0.3 is 14.4 Å². The number of aromatic nitrogens is 2. The van der Waals surface area contributed by atoms with Crippen LogP contribution in [-0.2, 0) is 24.5 Å². The number of rotatable bonds is 3. The van der Waals surface area contributed by atoms with Gasteiger partial charge in [-0.25, -0.2) is 8.42 Å². The molecule has 0 aliphatic carbocycles. The van der Waals surface area contributed by atoms with Crippen molar-refractivity contribution in [2.24, 2.45) is 14.1 Å². The number of hydrogen-bond acceptors (Lipinski definition) is 6. The van der Waals surface area contributed by atoms with Gasteiger partial charge in [0.05, 0.1) is 21.2 Å². The third-order valence-electron chi connectivity index (χ3n) is 3.50. The highest BCUT2D eigenvalue weighted by atomic mass is 32.3. The molecule has 0 amide bonds. The van der Waals surface area contributed by atoms with Crippen molar-refractivity contribution in [3.63, 3.8) is 0 Å². The molecule has 0 saturated heterocycles. The summed E-state index contributed by atoms with van der Waals surface area (Å²) in [6, 6.07) is 7.08. The van der Waals surface area contributed by atoms with E-state index in [1.807, 2.05) is 31.2 Å². The highest BCUT2D eigenvalue weighted by Gasteiger charge is 2.11. The average Bonchev–Trinajstić information content (AvgIpc) is 2.53. The monoisotopic (exact) mass is 384 g/mol. The normalized spacial score (nSPS) is 11.2. The quantitative estimate of drug-likeness (QED) is 0.445. The summed E-state index contributed by atoms with van der Waals surface area (Å²) < 4.78 is 41.0. The number of benzene rings is 1. The zero-order chi connectivity index (χ0) is 20.1. The summed E-state index contributed by atoms with van der Waals surface area (Å²) >= 11 is 0. The Morgan fingerprint density at radius 3 is 2.35 bits per heavy atom. The molecule has 2 aromatic rings. The number of phenols is 1. The lowest BCUT2D eigenvalue weighted by Crippen LogP contribution is -2.53. The van der Waals surface area contributed by atoms with Crippen LogP contribution in [0.2, 0.25) is 0 Å². The summed E-state index contributed by atoms with van der Waals surface area (Å²) in [5.41, 5.74) is 2.43. The Labute approximate surface area is 151 Å². The number of ether oxygens (including phenoxy) is 1. The topological polar surface area (TPSA) is 133 Å². The zero-order valence-corrected chi connectivity index (χ0v) is 15.5. The molecule has 0 bridgehead atoms. The first-order valence-electron chi connectivity index (χ1n) is 7.24. The predicted molar refractivity (Wildman–Crippen MR) is 93.5 cm³/mol. The van der Waals surface area contributed by atoms with Gasteiger partial charge in [0.15, 0.2) is 11.5 Å². The molecule has 2 rings (SSSR count). The Bertz CT molecular complexity index is 971. The van der Waals surface area contributed by atoms with E-state index < -0.39 is 10.4 Å². The average molecular weight is 384 g/mol. The van der Waals surface area contributed by atoms with E-state index in [0.717, 1.165) is 17.0 Å². The van der Waals surface area contributed by atoms with Gasteiger partial charge in [-0.15, -0.1) is 0 Å². The van der Waals surface area contributed by atoms with E-state index in [1.165, 1.54) is 7.11 Å². The van der Waals surface area contributed by atoms with E-state index in [2.05, 4.69) is 0 Å². The van der Waals surface area contributed by atoms with E-state index in [0.29, 0.717) is 5.75 Å². The fourth-order valence-electron chi connectivity index (χ4n) is 2.05. The molecule has 10 heteroatoms. The minimum atomic E-state index is -4.92. The first-order chi connectivity index (χ1) is 11.9. The Balaban J connectivity index is 0.000000597. The van der Waals surface area contributed by atoms with Gasteiger partial charge in [0.2, 0.25) is 10.4 Å². The van der Waals surface area contributed by atoms with Crippen LogP contribution < -0.4 is 15.0 Å². The molecule has 1 aromatic carbocycles. The van der Waals surface area contributed by atoms with Crippen molar-refractivity contribution in [1.29, 1.82) is 0 Å². The molecule has 1 aromatic heterocycles. The molecule has 26 heavy (non-hydrogen) atoms. The fourth-order valence-corrected chi connectivity index (χ4v) is 2.05. The second-order valence-corrected chi connectivity index (χ2v) is 6.16. The van der Waals surface area contributed by atoms with Crippen LogP contribution in [0.25, 0.3) is 12.2 Å².